The van der Waals surface area contributed by atoms with Gasteiger partial charge in [-0.25, -0.2) is 0 Å². The van der Waals surface area contributed by atoms with E-state index in [2.05, 4.69) is 15.3 Å². The van der Waals surface area contributed by atoms with Gasteiger partial charge in [-0.05, 0) is 6.26 Å². The van der Waals surface area contributed by atoms with Crippen molar-refractivity contribution in [3.05, 3.63) is 56.0 Å². The molecule has 3 rings (SSSR count). The van der Waals surface area contributed by atoms with Gasteiger partial charge in [-0.15, -0.1) is 15.3 Å². The van der Waals surface area contributed by atoms with Crippen LogP contribution in [0.3, 0.4) is 0 Å². The smallest absolute Gasteiger partial charge is 0.265 e. The van der Waals surface area contributed by atoms with Gasteiger partial charge in [0.1, 0.15) is 5.69 Å². The fourth-order valence-electron chi connectivity index (χ4n) is 1.94. The van der Waals surface area contributed by atoms with Crippen LogP contribution in [0.5, 0.6) is 0 Å². The van der Waals surface area contributed by atoms with E-state index in [0.717, 1.165) is 0 Å². The fourth-order valence-corrected chi connectivity index (χ4v) is 3.23. The van der Waals surface area contributed by atoms with Gasteiger partial charge in [-0.2, -0.15) is 4.52 Å². The molecule has 0 aliphatic heterocycles. The van der Waals surface area contributed by atoms with E-state index in [0.29, 0.717) is 14.9 Å². The summed E-state index contributed by atoms with van der Waals surface area (Å²) in [6.07, 6.45) is 1.89. The highest BCUT2D eigenvalue weighted by atomic mass is 32.2. The third-order valence-corrected chi connectivity index (χ3v) is 4.83. The van der Waals surface area contributed by atoms with Crippen molar-refractivity contribution in [3.8, 4) is 0 Å². The first-order valence-electron chi connectivity index (χ1n) is 6.12. The Labute approximate surface area is 132 Å². The normalized spacial score (nSPS) is 11.0. The van der Waals surface area contributed by atoms with E-state index < -0.39 is 10.5 Å². The van der Waals surface area contributed by atoms with E-state index in [4.69, 9.17) is 0 Å². The van der Waals surface area contributed by atoms with Crippen LogP contribution in [0.1, 0.15) is 11.3 Å². The lowest BCUT2D eigenvalue weighted by atomic mass is 10.1. The van der Waals surface area contributed by atoms with Gasteiger partial charge < -0.3 is 0 Å². The lowest BCUT2D eigenvalue weighted by Crippen LogP contribution is -2.22. The van der Waals surface area contributed by atoms with E-state index in [1.165, 1.54) is 33.7 Å². The molecule has 0 aliphatic rings. The molecule has 10 heteroatoms. The zero-order chi connectivity index (χ0) is 15.7. The second-order valence-corrected chi connectivity index (χ2v) is 6.29. The van der Waals surface area contributed by atoms with Crippen LogP contribution in [0, 0.1) is 10.1 Å². The molecular formula is C12H9N5O3S2. The number of aromatic nitrogens is 4. The minimum absolute atomic E-state index is 0.0397. The van der Waals surface area contributed by atoms with Gasteiger partial charge >= 0.3 is 0 Å². The average molecular weight is 335 g/mol. The molecule has 0 spiro atoms. The molecule has 8 nitrogen and oxygen atoms in total. The van der Waals surface area contributed by atoms with Crippen LogP contribution in [0.4, 0.5) is 5.69 Å². The van der Waals surface area contributed by atoms with E-state index in [1.807, 2.05) is 6.26 Å². The summed E-state index contributed by atoms with van der Waals surface area (Å²) >= 11 is 2.68. The maximum absolute atomic E-state index is 12.4. The zero-order valence-electron chi connectivity index (χ0n) is 11.3. The number of hydrogen-bond donors (Lipinski definition) is 0. The first-order chi connectivity index (χ1) is 10.6. The first-order valence-corrected chi connectivity index (χ1v) is 8.16. The van der Waals surface area contributed by atoms with Crippen molar-refractivity contribution in [2.45, 2.75) is 10.8 Å². The Morgan fingerprint density at radius 3 is 2.86 bits per heavy atom. The molecule has 1 aromatic carbocycles. The molecule has 0 bridgehead atoms. The highest BCUT2D eigenvalue weighted by Crippen LogP contribution is 2.21. The number of nitro benzene ring substituents is 1. The maximum atomic E-state index is 12.4. The van der Waals surface area contributed by atoms with Gasteiger partial charge in [0, 0.05) is 18.1 Å². The second kappa shape index (κ2) is 5.81. The highest BCUT2D eigenvalue weighted by molar-refractivity contribution is 8.00. The molecule has 0 radical (unpaired) electrons. The van der Waals surface area contributed by atoms with Gasteiger partial charge in [-0.1, -0.05) is 41.3 Å². The number of nitrogens with zero attached hydrogens (tertiary/aromatic N) is 5. The Kier molecular flexibility index (Phi) is 3.86. The van der Waals surface area contributed by atoms with Gasteiger partial charge in [0.2, 0.25) is 4.96 Å². The fraction of sp³-hybridized carbons (Fsp3) is 0.167. The molecule has 0 unspecified atom stereocenters. The van der Waals surface area contributed by atoms with E-state index in [1.54, 1.807) is 18.2 Å². The summed E-state index contributed by atoms with van der Waals surface area (Å²) in [7, 11) is 0. The predicted octanol–water partition coefficient (Wildman–Crippen LogP) is 1.77. The van der Waals surface area contributed by atoms with E-state index in [9.17, 15) is 14.9 Å². The monoisotopic (exact) mass is 335 g/mol. The van der Waals surface area contributed by atoms with Crippen LogP contribution in [0.15, 0.2) is 33.4 Å². The van der Waals surface area contributed by atoms with Crippen molar-refractivity contribution in [2.24, 2.45) is 0 Å². The molecule has 0 saturated carbocycles. The molecule has 0 fully saturated rings. The SMILES string of the molecule is CSc1nn2c(=O)c(Cc3ccccc3[N+](=O)[O-])nnc2s1. The van der Waals surface area contributed by atoms with E-state index >= 15 is 0 Å². The topological polar surface area (TPSA) is 103 Å². The molecule has 0 N–H and O–H groups in total. The molecule has 2 heterocycles. The first kappa shape index (κ1) is 14.6. The Morgan fingerprint density at radius 2 is 2.14 bits per heavy atom. The molecule has 0 amide bonds. The zero-order valence-corrected chi connectivity index (χ0v) is 12.9. The Balaban J connectivity index is 2.07. The third kappa shape index (κ3) is 2.57. The molecule has 0 atom stereocenters. The highest BCUT2D eigenvalue weighted by Gasteiger charge is 2.17. The van der Waals surface area contributed by atoms with Gasteiger partial charge in [0.25, 0.3) is 11.2 Å². The summed E-state index contributed by atoms with van der Waals surface area (Å²) < 4.78 is 1.89. The van der Waals surface area contributed by atoms with Crippen LogP contribution in [0.25, 0.3) is 4.96 Å². The van der Waals surface area contributed by atoms with Gasteiger partial charge in [-0.3, -0.25) is 14.9 Å². The van der Waals surface area contributed by atoms with Crippen molar-refractivity contribution in [1.29, 1.82) is 0 Å². The molecular weight excluding hydrogens is 326 g/mol. The Hall–Kier alpha value is -2.33. The number of benzene rings is 1. The lowest BCUT2D eigenvalue weighted by Gasteiger charge is -2.01. The second-order valence-electron chi connectivity index (χ2n) is 4.28. The molecule has 112 valence electrons. The number of fused-ring (bicyclic) bond motifs is 1. The van der Waals surface area contributed by atoms with Gasteiger partial charge in [0.15, 0.2) is 4.34 Å². The molecule has 0 saturated heterocycles. The average Bonchev–Trinajstić information content (AvgIpc) is 2.94. The number of thioether (sulfide) groups is 1. The summed E-state index contributed by atoms with van der Waals surface area (Å²) in [6, 6.07) is 6.26. The third-order valence-electron chi connectivity index (χ3n) is 2.96. The summed E-state index contributed by atoms with van der Waals surface area (Å²) in [5.74, 6) is 0. The van der Waals surface area contributed by atoms with Crippen LogP contribution < -0.4 is 5.56 Å². The minimum atomic E-state index is -0.479. The van der Waals surface area contributed by atoms with Crippen LogP contribution in [-0.2, 0) is 6.42 Å². The van der Waals surface area contributed by atoms with Crippen LogP contribution in [-0.4, -0.2) is 31.0 Å². The van der Waals surface area contributed by atoms with Crippen LogP contribution in [0.2, 0.25) is 0 Å². The largest absolute Gasteiger partial charge is 0.297 e. The Bertz CT molecular complexity index is 921. The van der Waals surface area contributed by atoms with Crippen molar-refractivity contribution < 1.29 is 4.92 Å². The summed E-state index contributed by atoms with van der Waals surface area (Å²) in [5.41, 5.74) is 0.0977. The van der Waals surface area contributed by atoms with Crippen molar-refractivity contribution in [1.82, 2.24) is 19.8 Å². The number of hydrogen-bond acceptors (Lipinski definition) is 8. The van der Waals surface area contributed by atoms with Crippen molar-refractivity contribution in [3.63, 3.8) is 0 Å². The van der Waals surface area contributed by atoms with Gasteiger partial charge in [0.05, 0.1) is 4.92 Å². The molecule has 22 heavy (non-hydrogen) atoms. The minimum Gasteiger partial charge on any atom is -0.265 e. The molecule has 0 aliphatic carbocycles. The van der Waals surface area contributed by atoms with Crippen molar-refractivity contribution in [2.75, 3.05) is 6.26 Å². The Morgan fingerprint density at radius 1 is 1.36 bits per heavy atom. The lowest BCUT2D eigenvalue weighted by molar-refractivity contribution is -0.385. The molecule has 3 aromatic rings. The standard InChI is InChI=1S/C12H9N5O3S2/c1-21-12-15-16-10(18)8(13-14-11(16)22-12)6-7-4-2-3-5-9(7)17(19)20/h2-5H,6H2,1H3. The predicted molar refractivity (Wildman–Crippen MR) is 82.6 cm³/mol. The quantitative estimate of drug-likeness (QED) is 0.406. The maximum Gasteiger partial charge on any atom is 0.297 e. The number of nitro groups is 1. The summed E-state index contributed by atoms with van der Waals surface area (Å²) in [4.78, 5) is 23.3. The molecule has 2 aromatic heterocycles. The van der Waals surface area contributed by atoms with Crippen LogP contribution >= 0.6 is 23.1 Å². The summed E-state index contributed by atoms with van der Waals surface area (Å²) in [6.45, 7) is 0. The summed E-state index contributed by atoms with van der Waals surface area (Å²) in [5, 5.41) is 23.0. The number of para-hydroxylation sites is 1. The number of rotatable bonds is 4. The van der Waals surface area contributed by atoms with E-state index in [-0.39, 0.29) is 17.8 Å². The van der Waals surface area contributed by atoms with Crippen molar-refractivity contribution >= 4 is 33.7 Å².